The highest BCUT2D eigenvalue weighted by Crippen LogP contribution is 2.20. The smallest absolute Gasteiger partial charge is 0.0480 e. The molecule has 0 atom stereocenters. The number of hydrogen-bond donors (Lipinski definition) is 0. The van der Waals surface area contributed by atoms with Crippen LogP contribution in [0, 0.1) is 6.92 Å². The van der Waals surface area contributed by atoms with E-state index in [1.807, 2.05) is 19.1 Å². The van der Waals surface area contributed by atoms with Crippen molar-refractivity contribution in [2.75, 3.05) is 5.33 Å². The van der Waals surface area contributed by atoms with E-state index in [-0.39, 0.29) is 0 Å². The fraction of sp³-hybridized carbons (Fsp3) is 0.273. The van der Waals surface area contributed by atoms with Gasteiger partial charge >= 0.3 is 0 Å². The lowest BCUT2D eigenvalue weighted by molar-refractivity contribution is 1.43. The van der Waals surface area contributed by atoms with Crippen molar-refractivity contribution < 1.29 is 0 Å². The summed E-state index contributed by atoms with van der Waals surface area (Å²) in [4.78, 5) is 0. The molecule has 0 aromatic heterocycles. The van der Waals surface area contributed by atoms with Crippen LogP contribution in [0.15, 0.2) is 23.8 Å². The average molecular weight is 260 g/mol. The molecule has 0 saturated carbocycles. The van der Waals surface area contributed by atoms with Gasteiger partial charge in [0.1, 0.15) is 0 Å². The predicted octanol–water partition coefficient (Wildman–Crippen LogP) is 4.45. The summed E-state index contributed by atoms with van der Waals surface area (Å²) < 4.78 is 0. The van der Waals surface area contributed by atoms with Crippen molar-refractivity contribution in [3.8, 4) is 0 Å². The first kappa shape index (κ1) is 10.8. The molecular formula is C11H12BrCl. The van der Waals surface area contributed by atoms with Crippen LogP contribution in [-0.2, 0) is 0 Å². The molecule has 1 rings (SSSR count). The summed E-state index contributed by atoms with van der Waals surface area (Å²) in [7, 11) is 0. The molecule has 0 aliphatic rings. The summed E-state index contributed by atoms with van der Waals surface area (Å²) >= 11 is 9.47. The van der Waals surface area contributed by atoms with E-state index < -0.39 is 0 Å². The third-order valence-corrected chi connectivity index (χ3v) is 2.98. The molecule has 1 aromatic carbocycles. The van der Waals surface area contributed by atoms with Gasteiger partial charge in [0.25, 0.3) is 0 Å². The Kier molecular flexibility index (Phi) is 4.01. The maximum atomic E-state index is 6.07. The first-order valence-electron chi connectivity index (χ1n) is 4.13. The van der Waals surface area contributed by atoms with Gasteiger partial charge in [-0.3, -0.25) is 0 Å². The van der Waals surface area contributed by atoms with Gasteiger partial charge in [-0.15, -0.1) is 0 Å². The maximum Gasteiger partial charge on any atom is 0.0480 e. The molecule has 0 aliphatic heterocycles. The Balaban J connectivity index is 3.03. The van der Waals surface area contributed by atoms with Gasteiger partial charge in [0.2, 0.25) is 0 Å². The number of rotatable bonds is 2. The highest BCUT2D eigenvalue weighted by molar-refractivity contribution is 9.09. The Morgan fingerprint density at radius 3 is 2.77 bits per heavy atom. The van der Waals surface area contributed by atoms with Crippen molar-refractivity contribution in [1.82, 2.24) is 0 Å². The minimum Gasteiger partial charge on any atom is -0.0880 e. The molecule has 70 valence electrons. The van der Waals surface area contributed by atoms with Gasteiger partial charge in [0.05, 0.1) is 0 Å². The zero-order valence-electron chi connectivity index (χ0n) is 7.77. The molecule has 0 amide bonds. The van der Waals surface area contributed by atoms with Crippen LogP contribution in [0.5, 0.6) is 0 Å². The molecule has 0 heterocycles. The van der Waals surface area contributed by atoms with Crippen LogP contribution < -0.4 is 0 Å². The largest absolute Gasteiger partial charge is 0.0880 e. The van der Waals surface area contributed by atoms with Crippen LogP contribution >= 0.6 is 27.5 Å². The highest BCUT2D eigenvalue weighted by Gasteiger charge is 1.97. The minimum absolute atomic E-state index is 0.820. The van der Waals surface area contributed by atoms with E-state index in [1.165, 1.54) is 11.1 Å². The van der Waals surface area contributed by atoms with Crippen molar-refractivity contribution in [3.63, 3.8) is 0 Å². The summed E-state index contributed by atoms with van der Waals surface area (Å²) in [5.74, 6) is 0. The van der Waals surface area contributed by atoms with Gasteiger partial charge in [-0.2, -0.15) is 0 Å². The molecule has 2 heteroatoms. The lowest BCUT2D eigenvalue weighted by Gasteiger charge is -2.01. The van der Waals surface area contributed by atoms with Crippen LogP contribution in [0.2, 0.25) is 5.02 Å². The fourth-order valence-electron chi connectivity index (χ4n) is 1.05. The summed E-state index contributed by atoms with van der Waals surface area (Å²) in [6, 6.07) is 6.10. The maximum absolute atomic E-state index is 6.07. The van der Waals surface area contributed by atoms with Gasteiger partial charge in [-0.1, -0.05) is 51.3 Å². The lowest BCUT2D eigenvalue weighted by atomic mass is 10.1. The quantitative estimate of drug-likeness (QED) is 0.689. The van der Waals surface area contributed by atoms with Gasteiger partial charge < -0.3 is 0 Å². The zero-order valence-corrected chi connectivity index (χ0v) is 10.1. The van der Waals surface area contributed by atoms with Crippen LogP contribution in [-0.4, -0.2) is 5.33 Å². The van der Waals surface area contributed by atoms with Crippen LogP contribution in [0.3, 0.4) is 0 Å². The van der Waals surface area contributed by atoms with Gasteiger partial charge in [-0.05, 0) is 31.0 Å². The average Bonchev–Trinajstić information content (AvgIpc) is 2.09. The summed E-state index contributed by atoms with van der Waals surface area (Å²) in [6.45, 7) is 4.11. The van der Waals surface area contributed by atoms with Crippen molar-refractivity contribution >= 4 is 33.6 Å². The Hall–Kier alpha value is -0.270. The molecule has 0 spiro atoms. The Morgan fingerprint density at radius 2 is 2.23 bits per heavy atom. The first-order valence-corrected chi connectivity index (χ1v) is 5.62. The molecule has 0 bridgehead atoms. The van der Waals surface area contributed by atoms with Crippen LogP contribution in [0.4, 0.5) is 0 Å². The Labute approximate surface area is 92.7 Å². The second-order valence-corrected chi connectivity index (χ2v) is 4.12. The van der Waals surface area contributed by atoms with Crippen molar-refractivity contribution in [2.24, 2.45) is 0 Å². The van der Waals surface area contributed by atoms with Crippen molar-refractivity contribution in [3.05, 3.63) is 39.9 Å². The monoisotopic (exact) mass is 258 g/mol. The van der Waals surface area contributed by atoms with Crippen molar-refractivity contribution in [1.29, 1.82) is 0 Å². The first-order chi connectivity index (χ1) is 6.13. The normalized spacial score (nSPS) is 11.8. The molecule has 0 N–H and O–H groups in total. The van der Waals surface area contributed by atoms with E-state index in [9.17, 15) is 0 Å². The van der Waals surface area contributed by atoms with E-state index in [0.717, 1.165) is 15.9 Å². The number of hydrogen-bond acceptors (Lipinski definition) is 0. The molecule has 1 aromatic rings. The molecule has 0 aliphatic carbocycles. The Bertz CT molecular complexity index is 329. The third kappa shape index (κ3) is 3.17. The number of alkyl halides is 1. The van der Waals surface area contributed by atoms with E-state index in [1.54, 1.807) is 0 Å². The molecule has 0 radical (unpaired) electrons. The Morgan fingerprint density at radius 1 is 1.54 bits per heavy atom. The number of aryl methyl sites for hydroxylation is 1. The second kappa shape index (κ2) is 4.83. The predicted molar refractivity (Wildman–Crippen MR) is 63.6 cm³/mol. The summed E-state index contributed by atoms with van der Waals surface area (Å²) in [5, 5.41) is 1.71. The van der Waals surface area contributed by atoms with Gasteiger partial charge in [0.15, 0.2) is 0 Å². The fourth-order valence-corrected chi connectivity index (χ4v) is 1.50. The van der Waals surface area contributed by atoms with E-state index >= 15 is 0 Å². The topological polar surface area (TPSA) is 0 Å². The standard InChI is InChI=1S/C11H12BrCl/c1-8-3-4-10(11(13)6-8)5-9(2)7-12/h3-6H,7H2,1-2H3/b9-5-. The highest BCUT2D eigenvalue weighted by atomic mass is 79.9. The van der Waals surface area contributed by atoms with Crippen LogP contribution in [0.1, 0.15) is 18.1 Å². The molecule has 13 heavy (non-hydrogen) atoms. The molecular weight excluding hydrogens is 247 g/mol. The van der Waals surface area contributed by atoms with E-state index in [2.05, 4.69) is 35.0 Å². The van der Waals surface area contributed by atoms with E-state index in [4.69, 9.17) is 11.6 Å². The SMILES string of the molecule is C/C(=C/c1ccc(C)cc1Cl)CBr. The number of halogens is 2. The van der Waals surface area contributed by atoms with E-state index in [0.29, 0.717) is 0 Å². The molecule has 0 saturated heterocycles. The van der Waals surface area contributed by atoms with Crippen molar-refractivity contribution in [2.45, 2.75) is 13.8 Å². The zero-order chi connectivity index (χ0) is 9.84. The van der Waals surface area contributed by atoms with Gasteiger partial charge in [-0.25, -0.2) is 0 Å². The summed E-state index contributed by atoms with van der Waals surface area (Å²) in [6.07, 6.45) is 2.09. The molecule has 0 unspecified atom stereocenters. The summed E-state index contributed by atoms with van der Waals surface area (Å²) in [5.41, 5.74) is 3.55. The molecule has 0 fully saturated rings. The molecule has 0 nitrogen and oxygen atoms in total. The van der Waals surface area contributed by atoms with Gasteiger partial charge in [0, 0.05) is 10.4 Å². The third-order valence-electron chi connectivity index (χ3n) is 1.77. The van der Waals surface area contributed by atoms with Crippen LogP contribution in [0.25, 0.3) is 6.08 Å². The number of allylic oxidation sites excluding steroid dienone is 1. The minimum atomic E-state index is 0.820. The second-order valence-electron chi connectivity index (χ2n) is 3.15. The lowest BCUT2D eigenvalue weighted by Crippen LogP contribution is -1.81. The number of benzene rings is 1.